The first kappa shape index (κ1) is 9.78. The summed E-state index contributed by atoms with van der Waals surface area (Å²) in [5.41, 5.74) is 2.11. The van der Waals surface area contributed by atoms with E-state index in [2.05, 4.69) is 18.6 Å². The molecule has 0 unspecified atom stereocenters. The molecule has 70 valence electrons. The lowest BCUT2D eigenvalue weighted by Gasteiger charge is -2.04. The predicted molar refractivity (Wildman–Crippen MR) is 55.4 cm³/mol. The molecule has 0 atom stereocenters. The van der Waals surface area contributed by atoms with E-state index in [9.17, 15) is 5.11 Å². The molecule has 2 nitrogen and oxygen atoms in total. The van der Waals surface area contributed by atoms with Crippen molar-refractivity contribution >= 4 is 6.72 Å². The van der Waals surface area contributed by atoms with Crippen molar-refractivity contribution in [2.75, 3.05) is 0 Å². The summed E-state index contributed by atoms with van der Waals surface area (Å²) in [6, 6.07) is 5.67. The molecule has 0 bridgehead atoms. The van der Waals surface area contributed by atoms with Crippen LogP contribution in [-0.2, 0) is 13.0 Å². The van der Waals surface area contributed by atoms with Crippen LogP contribution >= 0.6 is 0 Å². The Morgan fingerprint density at radius 1 is 1.46 bits per heavy atom. The van der Waals surface area contributed by atoms with E-state index in [1.54, 1.807) is 6.07 Å². The number of phenols is 1. The van der Waals surface area contributed by atoms with E-state index >= 15 is 0 Å². The van der Waals surface area contributed by atoms with Gasteiger partial charge in [-0.25, -0.2) is 0 Å². The first-order chi connectivity index (χ1) is 6.27. The fourth-order valence-corrected chi connectivity index (χ4v) is 1.33. The van der Waals surface area contributed by atoms with Crippen LogP contribution in [0.25, 0.3) is 0 Å². The predicted octanol–water partition coefficient (Wildman–Crippen LogP) is 2.55. The van der Waals surface area contributed by atoms with Crippen LogP contribution in [0.4, 0.5) is 0 Å². The van der Waals surface area contributed by atoms with Crippen LogP contribution in [0.15, 0.2) is 23.2 Å². The van der Waals surface area contributed by atoms with Gasteiger partial charge in [0.2, 0.25) is 0 Å². The van der Waals surface area contributed by atoms with Crippen LogP contribution in [0, 0.1) is 0 Å². The van der Waals surface area contributed by atoms with Crippen molar-refractivity contribution in [1.29, 1.82) is 0 Å². The molecule has 1 N–H and O–H groups in total. The topological polar surface area (TPSA) is 32.6 Å². The Morgan fingerprint density at radius 3 is 2.85 bits per heavy atom. The molecule has 0 aliphatic rings. The van der Waals surface area contributed by atoms with Crippen LogP contribution in [0.1, 0.15) is 24.5 Å². The summed E-state index contributed by atoms with van der Waals surface area (Å²) in [7, 11) is 0. The van der Waals surface area contributed by atoms with Crippen LogP contribution in [0.2, 0.25) is 0 Å². The number of nitrogens with zero attached hydrogens (tertiary/aromatic N) is 1. The smallest absolute Gasteiger partial charge is 0.120 e. The third-order valence-electron chi connectivity index (χ3n) is 1.96. The second kappa shape index (κ2) is 4.65. The summed E-state index contributed by atoms with van der Waals surface area (Å²) in [4.78, 5) is 3.76. The average molecular weight is 177 g/mol. The van der Waals surface area contributed by atoms with Crippen molar-refractivity contribution in [3.05, 3.63) is 29.3 Å². The van der Waals surface area contributed by atoms with Gasteiger partial charge < -0.3 is 5.11 Å². The maximum absolute atomic E-state index is 9.45. The van der Waals surface area contributed by atoms with Gasteiger partial charge in [-0.05, 0) is 24.8 Å². The Kier molecular flexibility index (Phi) is 3.50. The Morgan fingerprint density at radius 2 is 2.23 bits per heavy atom. The van der Waals surface area contributed by atoms with Crippen molar-refractivity contribution < 1.29 is 5.11 Å². The molecule has 0 heterocycles. The maximum Gasteiger partial charge on any atom is 0.120 e. The monoisotopic (exact) mass is 177 g/mol. The summed E-state index contributed by atoms with van der Waals surface area (Å²) in [5, 5.41) is 9.45. The lowest BCUT2D eigenvalue weighted by molar-refractivity contribution is 0.468. The Balaban J connectivity index is 2.89. The van der Waals surface area contributed by atoms with Gasteiger partial charge in [0, 0.05) is 5.56 Å². The zero-order chi connectivity index (χ0) is 9.68. The van der Waals surface area contributed by atoms with E-state index in [4.69, 9.17) is 0 Å². The van der Waals surface area contributed by atoms with Crippen LogP contribution in [-0.4, -0.2) is 11.8 Å². The molecule has 13 heavy (non-hydrogen) atoms. The van der Waals surface area contributed by atoms with Gasteiger partial charge in [0.25, 0.3) is 0 Å². The van der Waals surface area contributed by atoms with Crippen molar-refractivity contribution in [2.45, 2.75) is 26.3 Å². The number of benzene rings is 1. The van der Waals surface area contributed by atoms with Crippen LogP contribution < -0.4 is 0 Å². The number of hydrogen-bond acceptors (Lipinski definition) is 2. The van der Waals surface area contributed by atoms with Gasteiger partial charge in [-0.2, -0.15) is 0 Å². The van der Waals surface area contributed by atoms with Gasteiger partial charge in [-0.1, -0.05) is 25.5 Å². The second-order valence-corrected chi connectivity index (χ2v) is 3.09. The zero-order valence-corrected chi connectivity index (χ0v) is 7.95. The molecule has 0 spiro atoms. The molecule has 0 amide bonds. The highest BCUT2D eigenvalue weighted by Crippen LogP contribution is 2.19. The average Bonchev–Trinajstić information content (AvgIpc) is 2.12. The number of aryl methyl sites for hydroxylation is 1. The second-order valence-electron chi connectivity index (χ2n) is 3.09. The highest BCUT2D eigenvalue weighted by Gasteiger charge is 2.00. The molecule has 0 saturated carbocycles. The van der Waals surface area contributed by atoms with Gasteiger partial charge in [0.1, 0.15) is 5.75 Å². The zero-order valence-electron chi connectivity index (χ0n) is 7.95. The quantitative estimate of drug-likeness (QED) is 0.704. The largest absolute Gasteiger partial charge is 0.508 e. The summed E-state index contributed by atoms with van der Waals surface area (Å²) in [6.07, 6.45) is 2.16. The molecule has 0 saturated heterocycles. The van der Waals surface area contributed by atoms with Crippen molar-refractivity contribution in [3.63, 3.8) is 0 Å². The summed E-state index contributed by atoms with van der Waals surface area (Å²) in [6.45, 7) is 6.04. The number of hydrogen-bond donors (Lipinski definition) is 1. The molecular formula is C11H15NO. The molecule has 0 fully saturated rings. The SMILES string of the molecule is C=NCc1cc(CCC)ccc1O. The van der Waals surface area contributed by atoms with Gasteiger partial charge in [0.15, 0.2) is 0 Å². The third kappa shape index (κ3) is 2.58. The molecule has 1 aromatic carbocycles. The highest BCUT2D eigenvalue weighted by molar-refractivity contribution is 5.37. The van der Waals surface area contributed by atoms with E-state index < -0.39 is 0 Å². The summed E-state index contributed by atoms with van der Waals surface area (Å²) >= 11 is 0. The highest BCUT2D eigenvalue weighted by atomic mass is 16.3. The van der Waals surface area contributed by atoms with E-state index in [-0.39, 0.29) is 0 Å². The van der Waals surface area contributed by atoms with Crippen molar-refractivity contribution in [1.82, 2.24) is 0 Å². The molecule has 1 rings (SSSR count). The summed E-state index contributed by atoms with van der Waals surface area (Å²) in [5.74, 6) is 0.312. The van der Waals surface area contributed by atoms with Gasteiger partial charge in [0.05, 0.1) is 6.54 Å². The molecule has 0 aliphatic carbocycles. The first-order valence-electron chi connectivity index (χ1n) is 4.51. The van der Waals surface area contributed by atoms with E-state index in [1.165, 1.54) is 5.56 Å². The molecule has 0 aromatic heterocycles. The number of aromatic hydroxyl groups is 1. The Hall–Kier alpha value is -1.31. The molecular weight excluding hydrogens is 162 g/mol. The fourth-order valence-electron chi connectivity index (χ4n) is 1.33. The van der Waals surface area contributed by atoms with E-state index in [0.29, 0.717) is 12.3 Å². The fraction of sp³-hybridized carbons (Fsp3) is 0.364. The first-order valence-corrected chi connectivity index (χ1v) is 4.51. The van der Waals surface area contributed by atoms with Crippen molar-refractivity contribution in [3.8, 4) is 5.75 Å². The van der Waals surface area contributed by atoms with Gasteiger partial charge in [-0.15, -0.1) is 0 Å². The normalized spacial score (nSPS) is 9.92. The minimum atomic E-state index is 0.312. The maximum atomic E-state index is 9.45. The lowest BCUT2D eigenvalue weighted by atomic mass is 10.1. The number of phenolic OH excluding ortho intramolecular Hbond substituents is 1. The van der Waals surface area contributed by atoms with E-state index in [0.717, 1.165) is 18.4 Å². The lowest BCUT2D eigenvalue weighted by Crippen LogP contribution is -1.88. The Labute approximate surface area is 78.9 Å². The third-order valence-corrected chi connectivity index (χ3v) is 1.96. The molecule has 0 aliphatic heterocycles. The molecule has 0 radical (unpaired) electrons. The van der Waals surface area contributed by atoms with Gasteiger partial charge >= 0.3 is 0 Å². The van der Waals surface area contributed by atoms with Crippen molar-refractivity contribution in [2.24, 2.45) is 4.99 Å². The van der Waals surface area contributed by atoms with E-state index in [1.807, 2.05) is 12.1 Å². The van der Waals surface area contributed by atoms with Crippen LogP contribution in [0.5, 0.6) is 5.75 Å². The molecule has 1 aromatic rings. The van der Waals surface area contributed by atoms with Crippen LogP contribution in [0.3, 0.4) is 0 Å². The standard InChI is InChI=1S/C11H15NO/c1-3-4-9-5-6-11(13)10(7-9)8-12-2/h5-7,13H,2-4,8H2,1H3. The molecule has 2 heteroatoms. The Bertz CT molecular complexity index is 294. The minimum absolute atomic E-state index is 0.312. The van der Waals surface area contributed by atoms with Gasteiger partial charge in [-0.3, -0.25) is 4.99 Å². The summed E-state index contributed by atoms with van der Waals surface area (Å²) < 4.78 is 0. The number of aliphatic imine (C=N–C) groups is 1. The minimum Gasteiger partial charge on any atom is -0.508 e. The number of rotatable bonds is 4.